The van der Waals surface area contributed by atoms with Gasteiger partial charge in [0.05, 0.1) is 24.7 Å². The van der Waals surface area contributed by atoms with Crippen molar-refractivity contribution in [3.05, 3.63) is 64.6 Å². The second-order valence-electron chi connectivity index (χ2n) is 6.29. The third kappa shape index (κ3) is 4.39. The highest BCUT2D eigenvalue weighted by atomic mass is 79.9. The molecule has 1 amide bonds. The SMILES string of the molecule is COc1ccc([C@@H](C)NC(=O)COc2ccc3ccccc3c2Br)cc1OC. The summed E-state index contributed by atoms with van der Waals surface area (Å²) in [5.74, 6) is 1.70. The molecule has 0 aliphatic carbocycles. The van der Waals surface area contributed by atoms with Crippen LogP contribution in [0.4, 0.5) is 0 Å². The Hall–Kier alpha value is -2.73. The van der Waals surface area contributed by atoms with Crippen LogP contribution in [0.1, 0.15) is 18.5 Å². The molecule has 3 aromatic carbocycles. The van der Waals surface area contributed by atoms with Gasteiger partial charge in [0.25, 0.3) is 5.91 Å². The Bertz CT molecular complexity index is 989. The molecule has 0 saturated carbocycles. The maximum Gasteiger partial charge on any atom is 0.258 e. The van der Waals surface area contributed by atoms with Crippen molar-refractivity contribution in [1.29, 1.82) is 0 Å². The number of ether oxygens (including phenoxy) is 3. The third-order valence-corrected chi connectivity index (χ3v) is 5.29. The molecule has 0 fully saturated rings. The highest BCUT2D eigenvalue weighted by Gasteiger charge is 2.14. The summed E-state index contributed by atoms with van der Waals surface area (Å²) in [6.45, 7) is 1.83. The smallest absolute Gasteiger partial charge is 0.258 e. The summed E-state index contributed by atoms with van der Waals surface area (Å²) in [5, 5.41) is 5.08. The van der Waals surface area contributed by atoms with Gasteiger partial charge in [-0.05, 0) is 57.4 Å². The van der Waals surface area contributed by atoms with Crippen molar-refractivity contribution in [3.8, 4) is 17.2 Å². The second-order valence-corrected chi connectivity index (χ2v) is 7.08. The lowest BCUT2D eigenvalue weighted by Crippen LogP contribution is -2.31. The number of amides is 1. The first-order valence-corrected chi connectivity index (χ1v) is 9.64. The first-order valence-electron chi connectivity index (χ1n) is 8.84. The number of halogens is 1. The number of fused-ring (bicyclic) bond motifs is 1. The van der Waals surface area contributed by atoms with Crippen molar-refractivity contribution in [2.45, 2.75) is 13.0 Å². The summed E-state index contributed by atoms with van der Waals surface area (Å²) in [4.78, 5) is 12.3. The van der Waals surface area contributed by atoms with E-state index in [2.05, 4.69) is 21.2 Å². The molecule has 0 unspecified atom stereocenters. The number of carbonyl (C=O) groups excluding carboxylic acids is 1. The van der Waals surface area contributed by atoms with Crippen LogP contribution in [0.2, 0.25) is 0 Å². The largest absolute Gasteiger partial charge is 0.493 e. The zero-order valence-corrected chi connectivity index (χ0v) is 17.6. The van der Waals surface area contributed by atoms with Crippen molar-refractivity contribution in [3.63, 3.8) is 0 Å². The van der Waals surface area contributed by atoms with Crippen LogP contribution < -0.4 is 19.5 Å². The fourth-order valence-corrected chi connectivity index (χ4v) is 3.56. The summed E-state index contributed by atoms with van der Waals surface area (Å²) in [5.41, 5.74) is 0.915. The minimum Gasteiger partial charge on any atom is -0.493 e. The Balaban J connectivity index is 1.64. The van der Waals surface area contributed by atoms with Crippen molar-refractivity contribution in [2.75, 3.05) is 20.8 Å². The monoisotopic (exact) mass is 443 g/mol. The molecular formula is C22H22BrNO4. The van der Waals surface area contributed by atoms with E-state index in [-0.39, 0.29) is 18.6 Å². The van der Waals surface area contributed by atoms with Gasteiger partial charge in [0, 0.05) is 0 Å². The van der Waals surface area contributed by atoms with Gasteiger partial charge in [-0.3, -0.25) is 4.79 Å². The third-order valence-electron chi connectivity index (χ3n) is 4.47. The number of rotatable bonds is 7. The normalized spacial score (nSPS) is 11.7. The van der Waals surface area contributed by atoms with Gasteiger partial charge >= 0.3 is 0 Å². The average molecular weight is 444 g/mol. The van der Waals surface area contributed by atoms with Gasteiger partial charge in [-0.2, -0.15) is 0 Å². The maximum atomic E-state index is 12.3. The minimum atomic E-state index is -0.206. The first kappa shape index (κ1) is 20.0. The molecule has 1 N–H and O–H groups in total. The standard InChI is InChI=1S/C22H22BrNO4/c1-14(16-9-10-18(26-2)20(12-16)27-3)24-21(25)13-28-19-11-8-15-6-4-5-7-17(15)22(19)23/h4-12,14H,13H2,1-3H3,(H,24,25)/t14-/m1/s1. The first-order chi connectivity index (χ1) is 13.5. The molecule has 0 radical (unpaired) electrons. The van der Waals surface area contributed by atoms with Crippen LogP contribution in [-0.4, -0.2) is 26.7 Å². The van der Waals surface area contributed by atoms with Crippen molar-refractivity contribution in [1.82, 2.24) is 5.32 Å². The second kappa shape index (κ2) is 8.97. The van der Waals surface area contributed by atoms with Gasteiger partial charge in [-0.25, -0.2) is 0 Å². The average Bonchev–Trinajstić information content (AvgIpc) is 2.72. The quantitative estimate of drug-likeness (QED) is 0.565. The number of hydrogen-bond donors (Lipinski definition) is 1. The van der Waals surface area contributed by atoms with E-state index in [0.717, 1.165) is 20.8 Å². The van der Waals surface area contributed by atoms with Crippen LogP contribution in [0.5, 0.6) is 17.2 Å². The van der Waals surface area contributed by atoms with E-state index in [9.17, 15) is 4.79 Å². The highest BCUT2D eigenvalue weighted by Crippen LogP contribution is 2.33. The lowest BCUT2D eigenvalue weighted by atomic mass is 10.1. The summed E-state index contributed by atoms with van der Waals surface area (Å²) in [6, 6.07) is 17.2. The number of benzene rings is 3. The van der Waals surface area contributed by atoms with Crippen LogP contribution in [0.3, 0.4) is 0 Å². The molecule has 0 aliphatic heterocycles. The predicted octanol–water partition coefficient (Wildman–Crippen LogP) is 4.88. The number of carbonyl (C=O) groups is 1. The van der Waals surface area contributed by atoms with Gasteiger partial charge in [0.2, 0.25) is 0 Å². The maximum absolute atomic E-state index is 12.3. The van der Waals surface area contributed by atoms with E-state index in [1.165, 1.54) is 0 Å². The number of nitrogens with one attached hydrogen (secondary N) is 1. The molecule has 0 saturated heterocycles. The minimum absolute atomic E-state index is 0.0748. The van der Waals surface area contributed by atoms with Gasteiger partial charge in [-0.15, -0.1) is 0 Å². The van der Waals surface area contributed by atoms with Crippen molar-refractivity contribution < 1.29 is 19.0 Å². The Morgan fingerprint density at radius 1 is 1.00 bits per heavy atom. The van der Waals surface area contributed by atoms with E-state index in [4.69, 9.17) is 14.2 Å². The van der Waals surface area contributed by atoms with E-state index in [0.29, 0.717) is 17.2 Å². The van der Waals surface area contributed by atoms with Crippen LogP contribution in [0.25, 0.3) is 10.8 Å². The Morgan fingerprint density at radius 3 is 2.46 bits per heavy atom. The van der Waals surface area contributed by atoms with Gasteiger partial charge in [0.1, 0.15) is 5.75 Å². The Labute approximate surface area is 172 Å². The molecule has 3 aromatic rings. The van der Waals surface area contributed by atoms with Gasteiger partial charge in [-0.1, -0.05) is 36.4 Å². The predicted molar refractivity (Wildman–Crippen MR) is 113 cm³/mol. The summed E-state index contributed by atoms with van der Waals surface area (Å²) in [6.07, 6.45) is 0. The fraction of sp³-hybridized carbons (Fsp3) is 0.227. The molecule has 5 nitrogen and oxygen atoms in total. The number of hydrogen-bond acceptors (Lipinski definition) is 4. The molecule has 3 rings (SSSR count). The summed E-state index contributed by atoms with van der Waals surface area (Å²) >= 11 is 3.57. The zero-order valence-electron chi connectivity index (χ0n) is 16.0. The molecule has 6 heteroatoms. The summed E-state index contributed by atoms with van der Waals surface area (Å²) in [7, 11) is 3.17. The van der Waals surface area contributed by atoms with E-state index >= 15 is 0 Å². The molecule has 0 aromatic heterocycles. The summed E-state index contributed by atoms with van der Waals surface area (Å²) < 4.78 is 17.1. The van der Waals surface area contributed by atoms with Gasteiger partial charge in [0.15, 0.2) is 18.1 Å². The van der Waals surface area contributed by atoms with Gasteiger partial charge < -0.3 is 19.5 Å². The molecule has 0 aliphatic rings. The van der Waals surface area contributed by atoms with Crippen LogP contribution in [-0.2, 0) is 4.79 Å². The van der Waals surface area contributed by atoms with Crippen molar-refractivity contribution in [2.24, 2.45) is 0 Å². The molecule has 28 heavy (non-hydrogen) atoms. The van der Waals surface area contributed by atoms with E-state index < -0.39 is 0 Å². The molecular weight excluding hydrogens is 422 g/mol. The Kier molecular flexibility index (Phi) is 6.41. The molecule has 0 spiro atoms. The Morgan fingerprint density at radius 2 is 1.71 bits per heavy atom. The molecule has 146 valence electrons. The van der Waals surface area contributed by atoms with Crippen molar-refractivity contribution >= 4 is 32.6 Å². The lowest BCUT2D eigenvalue weighted by Gasteiger charge is -2.17. The molecule has 1 atom stereocenters. The topological polar surface area (TPSA) is 56.8 Å². The fourth-order valence-electron chi connectivity index (χ4n) is 2.96. The highest BCUT2D eigenvalue weighted by molar-refractivity contribution is 9.10. The molecule has 0 heterocycles. The zero-order chi connectivity index (χ0) is 20.1. The number of methoxy groups -OCH3 is 2. The van der Waals surface area contributed by atoms with E-state index in [1.54, 1.807) is 14.2 Å². The van der Waals surface area contributed by atoms with Crippen LogP contribution in [0, 0.1) is 0 Å². The van der Waals surface area contributed by atoms with Crippen LogP contribution >= 0.6 is 15.9 Å². The molecule has 0 bridgehead atoms. The van der Waals surface area contributed by atoms with Crippen LogP contribution in [0.15, 0.2) is 59.1 Å². The lowest BCUT2D eigenvalue weighted by molar-refractivity contribution is -0.123. The van der Waals surface area contributed by atoms with E-state index in [1.807, 2.05) is 61.5 Å².